The quantitative estimate of drug-likeness (QED) is 0.619. The average molecular weight is 330 g/mol. The van der Waals surface area contributed by atoms with Gasteiger partial charge in [-0.2, -0.15) is 0 Å². The topological polar surface area (TPSA) is 68.3 Å². The number of nitrogens with zero attached hydrogens (tertiary/aromatic N) is 2. The van der Waals surface area contributed by atoms with Crippen LogP contribution in [0.4, 0.5) is 0 Å². The summed E-state index contributed by atoms with van der Waals surface area (Å²) >= 11 is 0. The third kappa shape index (κ3) is 2.83. The highest BCUT2D eigenvalue weighted by molar-refractivity contribution is 5.79. The monoisotopic (exact) mass is 330 g/mol. The van der Waals surface area contributed by atoms with Crippen LogP contribution in [0.1, 0.15) is 11.6 Å². The Hall–Kier alpha value is -3.60. The van der Waals surface area contributed by atoms with E-state index in [-0.39, 0.29) is 11.3 Å². The van der Waals surface area contributed by atoms with E-state index in [0.717, 1.165) is 0 Å². The first-order valence-corrected chi connectivity index (χ1v) is 7.75. The molecule has 0 radical (unpaired) electrons. The molecule has 0 amide bonds. The van der Waals surface area contributed by atoms with Gasteiger partial charge in [-0.3, -0.25) is 9.36 Å². The van der Waals surface area contributed by atoms with Crippen LogP contribution in [0.5, 0.6) is 5.75 Å². The van der Waals surface area contributed by atoms with E-state index in [2.05, 4.69) is 4.98 Å². The van der Waals surface area contributed by atoms with Crippen LogP contribution in [-0.4, -0.2) is 14.7 Å². The van der Waals surface area contributed by atoms with Crippen LogP contribution in [0.15, 0.2) is 76.1 Å². The third-order valence-electron chi connectivity index (χ3n) is 3.83. The van der Waals surface area contributed by atoms with Gasteiger partial charge in [-0.1, -0.05) is 18.2 Å². The predicted molar refractivity (Wildman–Crippen MR) is 96.6 cm³/mol. The van der Waals surface area contributed by atoms with Crippen LogP contribution in [-0.2, 0) is 0 Å². The number of phenolic OH excluding ortho intramolecular Hbond substituents is 1. The second kappa shape index (κ2) is 6.13. The smallest absolute Gasteiger partial charge is 0.266 e. The van der Waals surface area contributed by atoms with Gasteiger partial charge in [-0.05, 0) is 48.6 Å². The molecule has 1 N–H and O–H groups in total. The summed E-state index contributed by atoms with van der Waals surface area (Å²) in [6, 6.07) is 17.3. The fraction of sp³-hybridized carbons (Fsp3) is 0. The van der Waals surface area contributed by atoms with Crippen molar-refractivity contribution in [3.05, 3.63) is 88.9 Å². The summed E-state index contributed by atoms with van der Waals surface area (Å²) in [5.74, 6) is 1.19. The largest absolute Gasteiger partial charge is 0.508 e. The standard InChI is InChI=1S/C20H14N2O3/c23-15-6-3-5-14(13-15)22-19(11-10-16-7-4-12-25-16)21-18-9-2-1-8-17(18)20(22)24/h1-13,23H. The fourth-order valence-corrected chi connectivity index (χ4v) is 2.69. The number of furan rings is 1. The molecule has 2 aromatic carbocycles. The molecule has 4 aromatic rings. The average Bonchev–Trinajstić information content (AvgIpc) is 3.13. The first-order chi connectivity index (χ1) is 12.2. The number of rotatable bonds is 3. The summed E-state index contributed by atoms with van der Waals surface area (Å²) in [6.07, 6.45) is 5.04. The van der Waals surface area contributed by atoms with Gasteiger partial charge in [0.15, 0.2) is 0 Å². The van der Waals surface area contributed by atoms with Crippen LogP contribution in [0, 0.1) is 0 Å². The highest BCUT2D eigenvalue weighted by Gasteiger charge is 2.11. The molecular weight excluding hydrogens is 316 g/mol. The summed E-state index contributed by atoms with van der Waals surface area (Å²) in [4.78, 5) is 17.6. The first-order valence-electron chi connectivity index (χ1n) is 7.75. The molecule has 0 aliphatic rings. The van der Waals surface area contributed by atoms with Gasteiger partial charge in [-0.15, -0.1) is 0 Å². The van der Waals surface area contributed by atoms with Crippen LogP contribution < -0.4 is 5.56 Å². The Bertz CT molecular complexity index is 1130. The Morgan fingerprint density at radius 1 is 1.00 bits per heavy atom. The van der Waals surface area contributed by atoms with Crippen LogP contribution >= 0.6 is 0 Å². The minimum atomic E-state index is -0.199. The highest BCUT2D eigenvalue weighted by Crippen LogP contribution is 2.18. The zero-order valence-corrected chi connectivity index (χ0v) is 13.2. The Balaban J connectivity index is 1.99. The van der Waals surface area contributed by atoms with E-state index in [4.69, 9.17) is 4.42 Å². The Kier molecular flexibility index (Phi) is 3.67. The number of benzene rings is 2. The van der Waals surface area contributed by atoms with Gasteiger partial charge in [0, 0.05) is 6.07 Å². The summed E-state index contributed by atoms with van der Waals surface area (Å²) in [7, 11) is 0. The molecule has 0 atom stereocenters. The van der Waals surface area contributed by atoms with Crippen molar-refractivity contribution in [2.75, 3.05) is 0 Å². The number of para-hydroxylation sites is 1. The maximum atomic E-state index is 13.0. The lowest BCUT2D eigenvalue weighted by Gasteiger charge is -2.11. The lowest BCUT2D eigenvalue weighted by atomic mass is 10.2. The van der Waals surface area contributed by atoms with E-state index in [1.807, 2.05) is 12.1 Å². The predicted octanol–water partition coefficient (Wildman–Crippen LogP) is 3.85. The summed E-state index contributed by atoms with van der Waals surface area (Å²) in [6.45, 7) is 0. The van der Waals surface area contributed by atoms with Crippen molar-refractivity contribution in [1.82, 2.24) is 9.55 Å². The lowest BCUT2D eigenvalue weighted by Crippen LogP contribution is -2.22. The van der Waals surface area contributed by atoms with Crippen LogP contribution in [0.3, 0.4) is 0 Å². The molecule has 122 valence electrons. The molecule has 25 heavy (non-hydrogen) atoms. The van der Waals surface area contributed by atoms with Gasteiger partial charge in [-0.25, -0.2) is 4.98 Å². The van der Waals surface area contributed by atoms with Gasteiger partial charge in [0.1, 0.15) is 17.3 Å². The Labute approximate surface area is 143 Å². The van der Waals surface area contributed by atoms with Crippen molar-refractivity contribution in [3.8, 4) is 11.4 Å². The lowest BCUT2D eigenvalue weighted by molar-refractivity contribution is 0.475. The maximum absolute atomic E-state index is 13.0. The van der Waals surface area contributed by atoms with Gasteiger partial charge >= 0.3 is 0 Å². The molecule has 0 saturated carbocycles. The second-order valence-electron chi connectivity index (χ2n) is 5.50. The number of hydrogen-bond donors (Lipinski definition) is 1. The molecule has 0 aliphatic heterocycles. The van der Waals surface area contributed by atoms with Crippen molar-refractivity contribution < 1.29 is 9.52 Å². The molecule has 0 bridgehead atoms. The van der Waals surface area contributed by atoms with E-state index in [9.17, 15) is 9.90 Å². The minimum Gasteiger partial charge on any atom is -0.508 e. The van der Waals surface area contributed by atoms with E-state index in [0.29, 0.717) is 28.2 Å². The van der Waals surface area contributed by atoms with Gasteiger partial charge in [0.2, 0.25) is 0 Å². The molecular formula is C20H14N2O3. The van der Waals surface area contributed by atoms with E-state index < -0.39 is 0 Å². The molecule has 5 heteroatoms. The van der Waals surface area contributed by atoms with Crippen molar-refractivity contribution in [2.24, 2.45) is 0 Å². The summed E-state index contributed by atoms with van der Waals surface area (Å²) in [5.41, 5.74) is 0.959. The minimum absolute atomic E-state index is 0.0820. The molecule has 0 fully saturated rings. The molecule has 4 rings (SSSR count). The zero-order chi connectivity index (χ0) is 17.2. The number of aromatic nitrogens is 2. The summed E-state index contributed by atoms with van der Waals surface area (Å²) < 4.78 is 6.77. The maximum Gasteiger partial charge on any atom is 0.266 e. The number of hydrogen-bond acceptors (Lipinski definition) is 4. The molecule has 2 heterocycles. The van der Waals surface area contributed by atoms with Crippen LogP contribution in [0.2, 0.25) is 0 Å². The van der Waals surface area contributed by atoms with E-state index in [1.54, 1.807) is 60.9 Å². The van der Waals surface area contributed by atoms with Crippen LogP contribution in [0.25, 0.3) is 28.7 Å². The first kappa shape index (κ1) is 15.0. The van der Waals surface area contributed by atoms with E-state index in [1.165, 1.54) is 10.6 Å². The van der Waals surface area contributed by atoms with Gasteiger partial charge in [0.25, 0.3) is 5.56 Å². The molecule has 2 aromatic heterocycles. The van der Waals surface area contributed by atoms with Gasteiger partial charge < -0.3 is 9.52 Å². The number of aromatic hydroxyl groups is 1. The molecule has 0 spiro atoms. The van der Waals surface area contributed by atoms with Gasteiger partial charge in [0.05, 0.1) is 22.9 Å². The normalized spacial score (nSPS) is 11.4. The Morgan fingerprint density at radius 2 is 1.88 bits per heavy atom. The molecule has 0 saturated heterocycles. The molecule has 0 aliphatic carbocycles. The van der Waals surface area contributed by atoms with Crippen molar-refractivity contribution in [2.45, 2.75) is 0 Å². The number of phenols is 1. The van der Waals surface area contributed by atoms with Crippen molar-refractivity contribution in [1.29, 1.82) is 0 Å². The molecule has 0 unspecified atom stereocenters. The summed E-state index contributed by atoms with van der Waals surface area (Å²) in [5, 5.41) is 10.3. The fourth-order valence-electron chi connectivity index (χ4n) is 2.69. The van der Waals surface area contributed by atoms with Crippen molar-refractivity contribution >= 4 is 23.1 Å². The SMILES string of the molecule is O=c1c2ccccc2nc(C=Cc2ccco2)n1-c1cccc(O)c1. The second-order valence-corrected chi connectivity index (χ2v) is 5.50. The molecule has 5 nitrogen and oxygen atoms in total. The number of fused-ring (bicyclic) bond motifs is 1. The highest BCUT2D eigenvalue weighted by atomic mass is 16.3. The van der Waals surface area contributed by atoms with E-state index >= 15 is 0 Å². The zero-order valence-electron chi connectivity index (χ0n) is 13.2. The third-order valence-corrected chi connectivity index (χ3v) is 3.83. The Morgan fingerprint density at radius 3 is 2.68 bits per heavy atom. The van der Waals surface area contributed by atoms with Crippen molar-refractivity contribution in [3.63, 3.8) is 0 Å².